The van der Waals surface area contributed by atoms with E-state index in [4.69, 9.17) is 0 Å². The van der Waals surface area contributed by atoms with Crippen molar-refractivity contribution in [1.82, 2.24) is 0 Å². The number of carboxylic acid groups (broad SMARTS) is 3. The highest BCUT2D eigenvalue weighted by atomic mass is 32.1. The molecule has 5 heterocycles. The molecule has 0 atom stereocenters. The molecule has 0 amide bonds. The fourth-order valence-corrected chi connectivity index (χ4v) is 11.4. The molecule has 3 N–H and O–H groups in total. The summed E-state index contributed by atoms with van der Waals surface area (Å²) in [5.74, 6) is -2.78. The smallest absolute Gasteiger partial charge is 0.335 e. The fraction of sp³-hybridized carbons (Fsp3) is 0.0789. The molecule has 0 saturated carbocycles. The van der Waals surface area contributed by atoms with E-state index < -0.39 is 17.9 Å². The zero-order chi connectivity index (χ0) is 34.2. The van der Waals surface area contributed by atoms with Crippen molar-refractivity contribution in [3.63, 3.8) is 0 Å². The van der Waals surface area contributed by atoms with Crippen molar-refractivity contribution in [2.75, 3.05) is 0 Å². The minimum atomic E-state index is -0.990. The van der Waals surface area contributed by atoms with E-state index in [1.807, 2.05) is 48.5 Å². The van der Waals surface area contributed by atoms with Crippen LogP contribution in [-0.2, 0) is 22.4 Å². The molecular weight excluding hydrogens is 713 g/mol. The Bertz CT molecular complexity index is 2360. The normalized spacial score (nSPS) is 11.2. The Hall–Kier alpha value is -4.65. The zero-order valence-electron chi connectivity index (χ0n) is 25.8. The number of benzene rings is 2. The molecule has 0 aliphatic heterocycles. The van der Waals surface area contributed by atoms with Crippen LogP contribution in [-0.4, -0.2) is 33.2 Å². The lowest BCUT2D eigenvalue weighted by Gasteiger charge is -2.00. The van der Waals surface area contributed by atoms with E-state index in [-0.39, 0.29) is 18.4 Å². The summed E-state index contributed by atoms with van der Waals surface area (Å²) in [7, 11) is 0. The number of carboxylic acids is 3. The number of carbonyl (C=O) groups is 3. The average Bonchev–Trinajstić information content (AvgIpc) is 3.90. The monoisotopic (exact) mass is 738 g/mol. The van der Waals surface area contributed by atoms with Gasteiger partial charge in [-0.3, -0.25) is 9.59 Å². The molecule has 2 aromatic carbocycles. The Balaban J connectivity index is 1.21. The zero-order valence-corrected chi connectivity index (χ0v) is 29.8. The van der Waals surface area contributed by atoms with Crippen LogP contribution < -0.4 is 0 Å². The predicted octanol–water partition coefficient (Wildman–Crippen LogP) is 11.3. The SMILES string of the molecule is Cc1cccc(-c2ccc(-c3sc(-c4ccc(-c5cc(CC(=O)O)c(-c6ccc(-c7cccc(C(=O)O)c7)s6)s5)s4)cc3CC(=O)O)s2)c1. The predicted molar refractivity (Wildman–Crippen MR) is 203 cm³/mol. The molecule has 0 aliphatic carbocycles. The molecule has 244 valence electrons. The average molecular weight is 739 g/mol. The van der Waals surface area contributed by atoms with Crippen molar-refractivity contribution in [2.45, 2.75) is 19.8 Å². The lowest BCUT2D eigenvalue weighted by Crippen LogP contribution is -1.99. The van der Waals surface area contributed by atoms with Crippen LogP contribution >= 0.6 is 56.7 Å². The number of rotatable bonds is 11. The summed E-state index contributed by atoms with van der Waals surface area (Å²) >= 11 is 7.89. The highest BCUT2D eigenvalue weighted by Gasteiger charge is 2.21. The van der Waals surface area contributed by atoms with Gasteiger partial charge in [-0.05, 0) is 89.8 Å². The standard InChI is InChI=1S/C38H26O6S5/c1-20-4-2-5-21(14-20)26-8-12-30(45-26)36-24(18-34(39)40)16-32(48-36)28-10-11-29(47-28)33-17-25(19-35(41)42)37(49-33)31-13-9-27(46-31)22-6-3-7-23(15-22)38(43)44/h2-17H,18-19H2,1H3,(H,39,40)(H,41,42)(H,43,44). The minimum absolute atomic E-state index is 0.0714. The van der Waals surface area contributed by atoms with Gasteiger partial charge in [-0.2, -0.15) is 0 Å². The molecule has 0 radical (unpaired) electrons. The third kappa shape index (κ3) is 7.08. The van der Waals surface area contributed by atoms with Crippen LogP contribution in [0.15, 0.2) is 97.1 Å². The van der Waals surface area contributed by atoms with Gasteiger partial charge in [0.15, 0.2) is 0 Å². The third-order valence-electron chi connectivity index (χ3n) is 7.75. The molecule has 7 rings (SSSR count). The van der Waals surface area contributed by atoms with E-state index in [0.29, 0.717) is 0 Å². The summed E-state index contributed by atoms with van der Waals surface area (Å²) in [5, 5.41) is 28.9. The highest BCUT2D eigenvalue weighted by molar-refractivity contribution is 7.30. The topological polar surface area (TPSA) is 112 Å². The molecule has 49 heavy (non-hydrogen) atoms. The first kappa shape index (κ1) is 32.9. The maximum atomic E-state index is 11.9. The third-order valence-corrected chi connectivity index (χ3v) is 14.2. The van der Waals surface area contributed by atoms with Crippen LogP contribution in [0.5, 0.6) is 0 Å². The van der Waals surface area contributed by atoms with E-state index in [9.17, 15) is 29.7 Å². The summed E-state index contributed by atoms with van der Waals surface area (Å²) in [6, 6.07) is 31.2. The minimum Gasteiger partial charge on any atom is -0.481 e. The first-order chi connectivity index (χ1) is 23.6. The van der Waals surface area contributed by atoms with Crippen molar-refractivity contribution >= 4 is 74.6 Å². The summed E-state index contributed by atoms with van der Waals surface area (Å²) < 4.78 is 0. The Kier molecular flexibility index (Phi) is 9.19. The second-order valence-corrected chi connectivity index (χ2v) is 16.7. The second kappa shape index (κ2) is 13.7. The lowest BCUT2D eigenvalue weighted by molar-refractivity contribution is -0.137. The van der Waals surface area contributed by atoms with Crippen LogP contribution in [0.4, 0.5) is 0 Å². The van der Waals surface area contributed by atoms with E-state index in [0.717, 1.165) is 71.0 Å². The molecule has 5 aromatic heterocycles. The molecule has 0 fully saturated rings. The number of hydrogen-bond donors (Lipinski definition) is 3. The number of hydrogen-bond acceptors (Lipinski definition) is 8. The maximum absolute atomic E-state index is 11.9. The Morgan fingerprint density at radius 1 is 0.490 bits per heavy atom. The van der Waals surface area contributed by atoms with Gasteiger partial charge in [0.1, 0.15) is 0 Å². The van der Waals surface area contributed by atoms with E-state index in [2.05, 4.69) is 37.3 Å². The molecule has 0 aliphatic rings. The molecule has 0 spiro atoms. The van der Waals surface area contributed by atoms with Gasteiger partial charge in [0, 0.05) is 48.8 Å². The Labute approximate surface area is 301 Å². The van der Waals surface area contributed by atoms with Crippen molar-refractivity contribution in [3.8, 4) is 59.9 Å². The summed E-state index contributed by atoms with van der Waals surface area (Å²) in [6.07, 6.45) is -0.192. The first-order valence-corrected chi connectivity index (χ1v) is 19.1. The Morgan fingerprint density at radius 3 is 1.43 bits per heavy atom. The van der Waals surface area contributed by atoms with Gasteiger partial charge < -0.3 is 15.3 Å². The molecule has 0 unspecified atom stereocenters. The van der Waals surface area contributed by atoms with Crippen LogP contribution in [0.2, 0.25) is 0 Å². The van der Waals surface area contributed by atoms with E-state index >= 15 is 0 Å². The Morgan fingerprint density at radius 2 is 0.939 bits per heavy atom. The van der Waals surface area contributed by atoms with Gasteiger partial charge in [0.2, 0.25) is 0 Å². The molecular formula is C38H26O6S5. The summed E-state index contributed by atoms with van der Waals surface area (Å²) in [5.41, 5.74) is 4.83. The van der Waals surface area contributed by atoms with Crippen molar-refractivity contribution in [2.24, 2.45) is 0 Å². The van der Waals surface area contributed by atoms with Crippen LogP contribution in [0, 0.1) is 6.92 Å². The first-order valence-electron chi connectivity index (χ1n) is 15.0. The molecule has 6 nitrogen and oxygen atoms in total. The highest BCUT2D eigenvalue weighted by Crippen LogP contribution is 2.48. The molecule has 0 saturated heterocycles. The van der Waals surface area contributed by atoms with Crippen LogP contribution in [0.25, 0.3) is 59.9 Å². The van der Waals surface area contributed by atoms with Crippen LogP contribution in [0.1, 0.15) is 27.0 Å². The number of aliphatic carboxylic acids is 2. The van der Waals surface area contributed by atoms with Gasteiger partial charge in [0.25, 0.3) is 0 Å². The van der Waals surface area contributed by atoms with Gasteiger partial charge in [-0.15, -0.1) is 56.7 Å². The van der Waals surface area contributed by atoms with Crippen molar-refractivity contribution in [3.05, 3.63) is 119 Å². The fourth-order valence-electron chi connectivity index (χ4n) is 5.54. The number of aromatic carboxylic acids is 1. The van der Waals surface area contributed by atoms with Gasteiger partial charge >= 0.3 is 17.9 Å². The van der Waals surface area contributed by atoms with E-state index in [1.54, 1.807) is 52.2 Å². The van der Waals surface area contributed by atoms with Crippen LogP contribution in [0.3, 0.4) is 0 Å². The van der Waals surface area contributed by atoms with Gasteiger partial charge in [0.05, 0.1) is 18.4 Å². The van der Waals surface area contributed by atoms with Gasteiger partial charge in [-0.25, -0.2) is 4.79 Å². The maximum Gasteiger partial charge on any atom is 0.335 e. The largest absolute Gasteiger partial charge is 0.481 e. The summed E-state index contributed by atoms with van der Waals surface area (Å²) in [6.45, 7) is 2.07. The number of thiophene rings is 5. The number of aryl methyl sites for hydroxylation is 1. The quantitative estimate of drug-likeness (QED) is 0.122. The molecule has 7 aromatic rings. The lowest BCUT2D eigenvalue weighted by atomic mass is 10.1. The second-order valence-electron chi connectivity index (χ2n) is 11.3. The molecule has 0 bridgehead atoms. The van der Waals surface area contributed by atoms with Crippen molar-refractivity contribution < 1.29 is 29.7 Å². The summed E-state index contributed by atoms with van der Waals surface area (Å²) in [4.78, 5) is 45.0. The van der Waals surface area contributed by atoms with E-state index in [1.165, 1.54) is 28.2 Å². The molecule has 11 heteroatoms. The van der Waals surface area contributed by atoms with Crippen molar-refractivity contribution in [1.29, 1.82) is 0 Å². The van der Waals surface area contributed by atoms with Gasteiger partial charge in [-0.1, -0.05) is 42.0 Å².